The standard InChI is InChI=1S/C17H16BrNO3S/c18-13-8-12(16-19-14(10-23-16)17(20)21)6-7-15(13)22-9-11-4-2-1-3-5-11/h1-8,14,16,19H,9-10H2,(H,20,21). The van der Waals surface area contributed by atoms with Gasteiger partial charge in [-0.15, -0.1) is 11.8 Å². The Morgan fingerprint density at radius 1 is 1.30 bits per heavy atom. The van der Waals surface area contributed by atoms with Gasteiger partial charge in [-0.25, -0.2) is 0 Å². The van der Waals surface area contributed by atoms with E-state index in [9.17, 15) is 4.79 Å². The molecule has 23 heavy (non-hydrogen) atoms. The number of carbonyl (C=O) groups is 1. The van der Waals surface area contributed by atoms with E-state index in [-0.39, 0.29) is 5.37 Å². The predicted octanol–water partition coefficient (Wildman–Crippen LogP) is 3.82. The lowest BCUT2D eigenvalue weighted by Gasteiger charge is -2.14. The Hall–Kier alpha value is -1.50. The highest BCUT2D eigenvalue weighted by molar-refractivity contribution is 9.10. The van der Waals surface area contributed by atoms with Crippen LogP contribution in [0.5, 0.6) is 5.75 Å². The zero-order chi connectivity index (χ0) is 16.2. The number of carboxylic acids is 1. The summed E-state index contributed by atoms with van der Waals surface area (Å²) in [4.78, 5) is 11.0. The zero-order valence-electron chi connectivity index (χ0n) is 12.2. The Kier molecular flexibility index (Phi) is 5.25. The van der Waals surface area contributed by atoms with Gasteiger partial charge in [-0.3, -0.25) is 10.1 Å². The predicted molar refractivity (Wildman–Crippen MR) is 94.7 cm³/mol. The minimum atomic E-state index is -0.804. The van der Waals surface area contributed by atoms with E-state index in [2.05, 4.69) is 21.2 Å². The minimum absolute atomic E-state index is 0.00410. The average Bonchev–Trinajstić information content (AvgIpc) is 3.05. The fourth-order valence-corrected chi connectivity index (χ4v) is 4.07. The van der Waals surface area contributed by atoms with E-state index in [0.29, 0.717) is 12.4 Å². The fourth-order valence-electron chi connectivity index (χ4n) is 2.34. The number of ether oxygens (including phenoxy) is 1. The maximum Gasteiger partial charge on any atom is 0.321 e. The van der Waals surface area contributed by atoms with Crippen molar-refractivity contribution in [1.82, 2.24) is 5.32 Å². The van der Waals surface area contributed by atoms with Gasteiger partial charge in [0.2, 0.25) is 0 Å². The van der Waals surface area contributed by atoms with Crippen LogP contribution in [-0.2, 0) is 11.4 Å². The Morgan fingerprint density at radius 2 is 2.09 bits per heavy atom. The van der Waals surface area contributed by atoms with Crippen molar-refractivity contribution in [2.24, 2.45) is 0 Å². The minimum Gasteiger partial charge on any atom is -0.488 e. The van der Waals surface area contributed by atoms with Crippen LogP contribution in [0.4, 0.5) is 0 Å². The summed E-state index contributed by atoms with van der Waals surface area (Å²) in [6.07, 6.45) is 0. The zero-order valence-corrected chi connectivity index (χ0v) is 14.6. The lowest BCUT2D eigenvalue weighted by Crippen LogP contribution is -2.33. The molecule has 0 aromatic heterocycles. The van der Waals surface area contributed by atoms with E-state index in [4.69, 9.17) is 9.84 Å². The van der Waals surface area contributed by atoms with Crippen molar-refractivity contribution in [3.8, 4) is 5.75 Å². The number of rotatable bonds is 5. The molecule has 0 aliphatic carbocycles. The van der Waals surface area contributed by atoms with Gasteiger partial charge in [-0.2, -0.15) is 0 Å². The third kappa shape index (κ3) is 4.07. The van der Waals surface area contributed by atoms with E-state index in [1.54, 1.807) is 11.8 Å². The molecule has 0 spiro atoms. The maximum absolute atomic E-state index is 11.0. The molecule has 6 heteroatoms. The van der Waals surface area contributed by atoms with Crippen molar-refractivity contribution in [3.05, 3.63) is 64.1 Å². The highest BCUT2D eigenvalue weighted by atomic mass is 79.9. The van der Waals surface area contributed by atoms with Crippen molar-refractivity contribution in [3.63, 3.8) is 0 Å². The first kappa shape index (κ1) is 16.4. The smallest absolute Gasteiger partial charge is 0.321 e. The SMILES string of the molecule is O=C(O)C1CSC(c2ccc(OCc3ccccc3)c(Br)c2)N1. The largest absolute Gasteiger partial charge is 0.488 e. The highest BCUT2D eigenvalue weighted by Gasteiger charge is 2.30. The molecule has 0 saturated carbocycles. The first-order valence-corrected chi connectivity index (χ1v) is 9.04. The third-order valence-electron chi connectivity index (χ3n) is 3.58. The van der Waals surface area contributed by atoms with Gasteiger partial charge in [0.25, 0.3) is 0 Å². The molecule has 1 aliphatic rings. The van der Waals surface area contributed by atoms with E-state index in [1.807, 2.05) is 48.5 Å². The number of aliphatic carboxylic acids is 1. The number of halogens is 1. The first-order chi connectivity index (χ1) is 11.1. The van der Waals surface area contributed by atoms with Gasteiger partial charge in [0.05, 0.1) is 9.85 Å². The summed E-state index contributed by atoms with van der Waals surface area (Å²) >= 11 is 5.14. The summed E-state index contributed by atoms with van der Waals surface area (Å²) in [6.45, 7) is 0.510. The Labute approximate surface area is 147 Å². The number of thioether (sulfide) groups is 1. The molecule has 1 saturated heterocycles. The molecule has 0 amide bonds. The second-order valence-corrected chi connectivity index (χ2v) is 7.23. The van der Waals surface area contributed by atoms with Crippen LogP contribution in [-0.4, -0.2) is 22.9 Å². The first-order valence-electron chi connectivity index (χ1n) is 7.20. The normalized spacial score (nSPS) is 20.4. The Balaban J connectivity index is 1.65. The van der Waals surface area contributed by atoms with Crippen LogP contribution in [0.3, 0.4) is 0 Å². The van der Waals surface area contributed by atoms with E-state index in [1.165, 1.54) is 0 Å². The summed E-state index contributed by atoms with van der Waals surface area (Å²) < 4.78 is 6.70. The van der Waals surface area contributed by atoms with Gasteiger partial charge in [-0.05, 0) is 39.2 Å². The summed E-state index contributed by atoms with van der Waals surface area (Å²) in [5.74, 6) is 0.543. The van der Waals surface area contributed by atoms with Crippen LogP contribution >= 0.6 is 27.7 Å². The van der Waals surface area contributed by atoms with Gasteiger partial charge in [-0.1, -0.05) is 36.4 Å². The molecule has 4 nitrogen and oxygen atoms in total. The Morgan fingerprint density at radius 3 is 2.74 bits per heavy atom. The number of hydrogen-bond donors (Lipinski definition) is 2. The second-order valence-electron chi connectivity index (χ2n) is 5.23. The molecule has 2 unspecified atom stereocenters. The van der Waals surface area contributed by atoms with Gasteiger partial charge < -0.3 is 9.84 Å². The molecule has 2 N–H and O–H groups in total. The number of hydrogen-bond acceptors (Lipinski definition) is 4. The molecule has 0 bridgehead atoms. The number of carboxylic acid groups (broad SMARTS) is 1. The quantitative estimate of drug-likeness (QED) is 0.808. The average molecular weight is 394 g/mol. The topological polar surface area (TPSA) is 58.6 Å². The fraction of sp³-hybridized carbons (Fsp3) is 0.235. The number of nitrogens with one attached hydrogen (secondary N) is 1. The van der Waals surface area contributed by atoms with Gasteiger partial charge in [0.15, 0.2) is 0 Å². The molecule has 2 aromatic carbocycles. The third-order valence-corrected chi connectivity index (χ3v) is 5.46. The molecule has 2 aromatic rings. The molecular formula is C17H16BrNO3S. The van der Waals surface area contributed by atoms with Gasteiger partial charge in [0.1, 0.15) is 18.4 Å². The lowest BCUT2D eigenvalue weighted by atomic mass is 10.2. The highest BCUT2D eigenvalue weighted by Crippen LogP contribution is 2.36. The lowest BCUT2D eigenvalue weighted by molar-refractivity contribution is -0.138. The van der Waals surface area contributed by atoms with Crippen molar-refractivity contribution in [2.45, 2.75) is 18.0 Å². The maximum atomic E-state index is 11.0. The molecular weight excluding hydrogens is 378 g/mol. The molecule has 1 fully saturated rings. The second kappa shape index (κ2) is 7.38. The molecule has 3 rings (SSSR count). The summed E-state index contributed by atoms with van der Waals surface area (Å²) in [7, 11) is 0. The Bertz CT molecular complexity index is 695. The summed E-state index contributed by atoms with van der Waals surface area (Å²) in [6, 6.07) is 15.4. The van der Waals surface area contributed by atoms with E-state index >= 15 is 0 Å². The van der Waals surface area contributed by atoms with Crippen molar-refractivity contribution < 1.29 is 14.6 Å². The molecule has 120 valence electrons. The van der Waals surface area contributed by atoms with Crippen LogP contribution < -0.4 is 10.1 Å². The number of benzene rings is 2. The van der Waals surface area contributed by atoms with Crippen LogP contribution in [0.2, 0.25) is 0 Å². The van der Waals surface area contributed by atoms with Crippen molar-refractivity contribution in [1.29, 1.82) is 0 Å². The summed E-state index contributed by atoms with van der Waals surface area (Å²) in [5.41, 5.74) is 2.15. The summed E-state index contributed by atoms with van der Waals surface area (Å²) in [5, 5.41) is 12.2. The van der Waals surface area contributed by atoms with Gasteiger partial charge >= 0.3 is 5.97 Å². The van der Waals surface area contributed by atoms with E-state index < -0.39 is 12.0 Å². The molecule has 1 heterocycles. The van der Waals surface area contributed by atoms with Crippen LogP contribution in [0.1, 0.15) is 16.5 Å². The van der Waals surface area contributed by atoms with Crippen LogP contribution in [0.25, 0.3) is 0 Å². The van der Waals surface area contributed by atoms with Crippen LogP contribution in [0, 0.1) is 0 Å². The van der Waals surface area contributed by atoms with E-state index in [0.717, 1.165) is 21.3 Å². The molecule has 0 radical (unpaired) electrons. The van der Waals surface area contributed by atoms with Crippen molar-refractivity contribution in [2.75, 3.05) is 5.75 Å². The molecule has 2 atom stereocenters. The van der Waals surface area contributed by atoms with Gasteiger partial charge in [0, 0.05) is 5.75 Å². The molecule has 1 aliphatic heterocycles. The monoisotopic (exact) mass is 393 g/mol. The van der Waals surface area contributed by atoms with Crippen molar-refractivity contribution >= 4 is 33.7 Å². The van der Waals surface area contributed by atoms with Crippen LogP contribution in [0.15, 0.2) is 53.0 Å².